The van der Waals surface area contributed by atoms with Crippen LogP contribution in [0.4, 0.5) is 0 Å². The van der Waals surface area contributed by atoms with Crippen molar-refractivity contribution in [2.75, 3.05) is 6.54 Å². The number of hydrogen-bond acceptors (Lipinski definition) is 2. The number of aryl methyl sites for hydroxylation is 2. The largest absolute Gasteiger partial charge is 0.338 e. The Kier molecular flexibility index (Phi) is 4.10. The number of hydrogen-bond donors (Lipinski definition) is 1. The van der Waals surface area contributed by atoms with E-state index in [9.17, 15) is 0 Å². The van der Waals surface area contributed by atoms with E-state index >= 15 is 0 Å². The second-order valence-electron chi connectivity index (χ2n) is 6.35. The lowest BCUT2D eigenvalue weighted by Crippen LogP contribution is -2.33. The van der Waals surface area contributed by atoms with E-state index in [1.807, 2.05) is 12.4 Å². The van der Waals surface area contributed by atoms with Gasteiger partial charge in [-0.25, -0.2) is 4.98 Å². The molecule has 0 aromatic carbocycles. The third-order valence-electron chi connectivity index (χ3n) is 4.33. The second kappa shape index (κ2) is 5.43. The molecule has 1 heterocycles. The first kappa shape index (κ1) is 13.6. The van der Waals surface area contributed by atoms with Crippen molar-refractivity contribution in [2.45, 2.75) is 52.5 Å². The molecule has 1 aromatic rings. The van der Waals surface area contributed by atoms with E-state index < -0.39 is 0 Å². The molecule has 0 saturated heterocycles. The molecule has 0 aliphatic heterocycles. The average molecular weight is 249 g/mol. The molecule has 102 valence electrons. The van der Waals surface area contributed by atoms with Gasteiger partial charge in [-0.2, -0.15) is 0 Å². The SMILES string of the molecule is CCCNC(CCc1nccn1C)C1CC1(C)C. The van der Waals surface area contributed by atoms with Crippen LogP contribution in [0.5, 0.6) is 0 Å². The highest BCUT2D eigenvalue weighted by atomic mass is 15.0. The highest BCUT2D eigenvalue weighted by Crippen LogP contribution is 2.54. The van der Waals surface area contributed by atoms with Crippen molar-refractivity contribution in [3.05, 3.63) is 18.2 Å². The first-order chi connectivity index (χ1) is 8.54. The highest BCUT2D eigenvalue weighted by Gasteiger charge is 2.49. The van der Waals surface area contributed by atoms with Crippen LogP contribution in [0, 0.1) is 11.3 Å². The van der Waals surface area contributed by atoms with Crippen molar-refractivity contribution in [1.82, 2.24) is 14.9 Å². The van der Waals surface area contributed by atoms with Gasteiger partial charge in [0.25, 0.3) is 0 Å². The minimum absolute atomic E-state index is 0.549. The zero-order chi connectivity index (χ0) is 13.2. The molecule has 3 heteroatoms. The fraction of sp³-hybridized carbons (Fsp3) is 0.800. The van der Waals surface area contributed by atoms with Gasteiger partial charge in [-0.15, -0.1) is 0 Å². The Bertz CT molecular complexity index is 381. The molecule has 3 nitrogen and oxygen atoms in total. The molecule has 1 aliphatic carbocycles. The monoisotopic (exact) mass is 249 g/mol. The van der Waals surface area contributed by atoms with E-state index in [4.69, 9.17) is 0 Å². The zero-order valence-electron chi connectivity index (χ0n) is 12.2. The summed E-state index contributed by atoms with van der Waals surface area (Å²) in [5, 5.41) is 3.73. The lowest BCUT2D eigenvalue weighted by Gasteiger charge is -2.20. The van der Waals surface area contributed by atoms with Crippen LogP contribution in [0.15, 0.2) is 12.4 Å². The fourth-order valence-corrected chi connectivity index (χ4v) is 2.89. The third kappa shape index (κ3) is 3.14. The lowest BCUT2D eigenvalue weighted by atomic mass is 9.99. The van der Waals surface area contributed by atoms with Crippen molar-refractivity contribution in [2.24, 2.45) is 18.4 Å². The first-order valence-corrected chi connectivity index (χ1v) is 7.24. The van der Waals surface area contributed by atoms with Crippen molar-refractivity contribution < 1.29 is 0 Å². The molecule has 1 N–H and O–H groups in total. The Morgan fingerprint density at radius 3 is 2.78 bits per heavy atom. The van der Waals surface area contributed by atoms with Gasteiger partial charge in [0.2, 0.25) is 0 Å². The molecule has 0 spiro atoms. The highest BCUT2D eigenvalue weighted by molar-refractivity contribution is 5.03. The number of nitrogens with zero attached hydrogens (tertiary/aromatic N) is 2. The van der Waals surface area contributed by atoms with Crippen LogP contribution in [0.1, 0.15) is 45.9 Å². The quantitative estimate of drug-likeness (QED) is 0.805. The summed E-state index contributed by atoms with van der Waals surface area (Å²) in [6, 6.07) is 0.664. The van der Waals surface area contributed by atoms with E-state index in [1.165, 1.54) is 25.1 Å². The molecular weight excluding hydrogens is 222 g/mol. The molecule has 18 heavy (non-hydrogen) atoms. The van der Waals surface area contributed by atoms with Gasteiger partial charge in [0, 0.05) is 31.9 Å². The molecule has 1 aromatic heterocycles. The van der Waals surface area contributed by atoms with Gasteiger partial charge in [-0.3, -0.25) is 0 Å². The van der Waals surface area contributed by atoms with E-state index in [-0.39, 0.29) is 0 Å². The molecule has 0 radical (unpaired) electrons. The number of rotatable bonds is 7. The summed E-state index contributed by atoms with van der Waals surface area (Å²) in [5.74, 6) is 2.06. The molecule has 2 rings (SSSR count). The van der Waals surface area contributed by atoms with Gasteiger partial charge in [-0.05, 0) is 37.1 Å². The molecular formula is C15H27N3. The van der Waals surface area contributed by atoms with Crippen molar-refractivity contribution in [1.29, 1.82) is 0 Å². The Labute approximate surface area is 111 Å². The maximum Gasteiger partial charge on any atom is 0.108 e. The van der Waals surface area contributed by atoms with E-state index in [0.29, 0.717) is 11.5 Å². The molecule has 1 fully saturated rings. The first-order valence-electron chi connectivity index (χ1n) is 7.24. The van der Waals surface area contributed by atoms with E-state index in [1.54, 1.807) is 0 Å². The molecule has 1 aliphatic rings. The van der Waals surface area contributed by atoms with Gasteiger partial charge >= 0.3 is 0 Å². The summed E-state index contributed by atoms with van der Waals surface area (Å²) in [5.41, 5.74) is 0.549. The minimum atomic E-state index is 0.549. The van der Waals surface area contributed by atoms with E-state index in [0.717, 1.165) is 18.9 Å². The predicted octanol–water partition coefficient (Wildman–Crippen LogP) is 2.77. The summed E-state index contributed by atoms with van der Waals surface area (Å²) >= 11 is 0. The van der Waals surface area contributed by atoms with Crippen molar-refractivity contribution >= 4 is 0 Å². The molecule has 2 atom stereocenters. The maximum absolute atomic E-state index is 4.42. The molecule has 1 saturated carbocycles. The Balaban J connectivity index is 1.88. The number of imidazole rings is 1. The normalized spacial score (nSPS) is 23.0. The number of aromatic nitrogens is 2. The summed E-state index contributed by atoms with van der Waals surface area (Å²) in [4.78, 5) is 4.42. The van der Waals surface area contributed by atoms with Gasteiger partial charge in [0.15, 0.2) is 0 Å². The Hall–Kier alpha value is -0.830. The topological polar surface area (TPSA) is 29.9 Å². The van der Waals surface area contributed by atoms with Crippen LogP contribution in [0.25, 0.3) is 0 Å². The van der Waals surface area contributed by atoms with Crippen LogP contribution in [-0.4, -0.2) is 22.1 Å². The third-order valence-corrected chi connectivity index (χ3v) is 4.33. The van der Waals surface area contributed by atoms with Crippen LogP contribution in [-0.2, 0) is 13.5 Å². The van der Waals surface area contributed by atoms with E-state index in [2.05, 4.69) is 42.7 Å². The summed E-state index contributed by atoms with van der Waals surface area (Å²) < 4.78 is 2.13. The predicted molar refractivity (Wildman–Crippen MR) is 75.5 cm³/mol. The van der Waals surface area contributed by atoms with Crippen LogP contribution in [0.3, 0.4) is 0 Å². The van der Waals surface area contributed by atoms with Crippen molar-refractivity contribution in [3.8, 4) is 0 Å². The van der Waals surface area contributed by atoms with Crippen LogP contribution in [0.2, 0.25) is 0 Å². The van der Waals surface area contributed by atoms with Gasteiger partial charge in [0.05, 0.1) is 0 Å². The summed E-state index contributed by atoms with van der Waals surface area (Å²) in [6.07, 6.45) is 8.80. The van der Waals surface area contributed by atoms with Gasteiger partial charge in [0.1, 0.15) is 5.82 Å². The van der Waals surface area contributed by atoms with Crippen molar-refractivity contribution in [3.63, 3.8) is 0 Å². The lowest BCUT2D eigenvalue weighted by molar-refractivity contribution is 0.382. The maximum atomic E-state index is 4.42. The fourth-order valence-electron chi connectivity index (χ4n) is 2.89. The van der Waals surface area contributed by atoms with Crippen LogP contribution < -0.4 is 5.32 Å². The molecule has 0 bridgehead atoms. The van der Waals surface area contributed by atoms with Gasteiger partial charge < -0.3 is 9.88 Å². The number of nitrogens with one attached hydrogen (secondary N) is 1. The Morgan fingerprint density at radius 2 is 2.28 bits per heavy atom. The summed E-state index contributed by atoms with van der Waals surface area (Å²) in [6.45, 7) is 8.15. The zero-order valence-corrected chi connectivity index (χ0v) is 12.2. The van der Waals surface area contributed by atoms with Gasteiger partial charge in [-0.1, -0.05) is 20.8 Å². The van der Waals surface area contributed by atoms with Crippen LogP contribution >= 0.6 is 0 Å². The molecule has 2 unspecified atom stereocenters. The second-order valence-corrected chi connectivity index (χ2v) is 6.35. The standard InChI is InChI=1S/C15H27N3/c1-5-8-16-13(12-11-15(12,2)3)6-7-14-17-9-10-18(14)4/h9-10,12-13,16H,5-8,11H2,1-4H3. The average Bonchev–Trinajstić information content (AvgIpc) is 2.76. The summed E-state index contributed by atoms with van der Waals surface area (Å²) in [7, 11) is 2.08. The molecule has 0 amide bonds. The minimum Gasteiger partial charge on any atom is -0.338 e. The smallest absolute Gasteiger partial charge is 0.108 e. The Morgan fingerprint density at radius 1 is 1.56 bits per heavy atom.